The van der Waals surface area contributed by atoms with Crippen molar-refractivity contribution in [3.05, 3.63) is 0 Å². The number of hydrogen-bond donors (Lipinski definition) is 2. The lowest BCUT2D eigenvalue weighted by atomic mass is 10.3. The summed E-state index contributed by atoms with van der Waals surface area (Å²) in [5.74, 6) is 0. The molecule has 0 saturated heterocycles. The largest absolute Gasteiger partial charge is 0.353 e. The Balaban J connectivity index is 3.45. The summed E-state index contributed by atoms with van der Waals surface area (Å²) >= 11 is 0. The highest BCUT2D eigenvalue weighted by Gasteiger charge is 2.08. The van der Waals surface area contributed by atoms with Gasteiger partial charge in [-0.2, -0.15) is 0 Å². The quantitative estimate of drug-likeness (QED) is 0.146. The Morgan fingerprint density at radius 3 is 1.37 bits per heavy atom. The first kappa shape index (κ1) is 29.5. The SMILES string of the molecule is CCOC(C[SiH2]CCCCNC(=O)NCCCC[SiH2]CC(OCC)OCC)OCC. The minimum Gasteiger partial charge on any atom is -0.353 e. The van der Waals surface area contributed by atoms with Gasteiger partial charge in [0, 0.05) is 58.6 Å². The average molecular weight is 465 g/mol. The summed E-state index contributed by atoms with van der Waals surface area (Å²) in [6.45, 7) is 12.4. The maximum Gasteiger partial charge on any atom is 0.314 e. The summed E-state index contributed by atoms with van der Waals surface area (Å²) in [6, 6.07) is 4.67. The van der Waals surface area contributed by atoms with E-state index in [0.29, 0.717) is 26.4 Å². The lowest BCUT2D eigenvalue weighted by Gasteiger charge is -2.16. The van der Waals surface area contributed by atoms with Crippen LogP contribution >= 0.6 is 0 Å². The Hall–Kier alpha value is -0.456. The number of rotatable bonds is 22. The molecule has 0 saturated carbocycles. The molecule has 7 nitrogen and oxygen atoms in total. The van der Waals surface area contributed by atoms with E-state index in [4.69, 9.17) is 18.9 Å². The molecule has 0 unspecified atom stereocenters. The van der Waals surface area contributed by atoms with Gasteiger partial charge < -0.3 is 29.6 Å². The molecule has 0 rings (SSSR count). The lowest BCUT2D eigenvalue weighted by Crippen LogP contribution is -2.36. The number of urea groups is 1. The second kappa shape index (κ2) is 23.2. The molecule has 0 aromatic carbocycles. The molecule has 0 aliphatic heterocycles. The van der Waals surface area contributed by atoms with Crippen molar-refractivity contribution in [1.29, 1.82) is 0 Å². The second-order valence-corrected chi connectivity index (χ2v) is 11.3. The molecular formula is C21H48N2O5Si2. The summed E-state index contributed by atoms with van der Waals surface area (Å²) in [5.41, 5.74) is 0. The molecule has 0 spiro atoms. The summed E-state index contributed by atoms with van der Waals surface area (Å²) in [5, 5.41) is 5.92. The van der Waals surface area contributed by atoms with E-state index >= 15 is 0 Å². The Bertz CT molecular complexity index is 337. The molecule has 0 aliphatic rings. The predicted molar refractivity (Wildman–Crippen MR) is 130 cm³/mol. The molecular weight excluding hydrogens is 416 g/mol. The first-order chi connectivity index (χ1) is 14.7. The molecule has 2 amide bonds. The van der Waals surface area contributed by atoms with Crippen molar-refractivity contribution in [1.82, 2.24) is 10.6 Å². The maximum atomic E-state index is 11.8. The van der Waals surface area contributed by atoms with E-state index in [1.165, 1.54) is 24.9 Å². The zero-order valence-corrected chi connectivity index (χ0v) is 22.8. The smallest absolute Gasteiger partial charge is 0.314 e. The fourth-order valence-electron chi connectivity index (χ4n) is 3.22. The van der Waals surface area contributed by atoms with Gasteiger partial charge in [0.15, 0.2) is 12.6 Å². The number of carbonyl (C=O) groups is 1. The molecule has 0 aromatic heterocycles. The maximum absolute atomic E-state index is 11.8. The lowest BCUT2D eigenvalue weighted by molar-refractivity contribution is -0.123. The van der Waals surface area contributed by atoms with Crippen molar-refractivity contribution in [2.24, 2.45) is 0 Å². The first-order valence-electron chi connectivity index (χ1n) is 12.2. The summed E-state index contributed by atoms with van der Waals surface area (Å²) in [4.78, 5) is 11.8. The zero-order valence-electron chi connectivity index (χ0n) is 20.0. The van der Waals surface area contributed by atoms with E-state index < -0.39 is 0 Å². The van der Waals surface area contributed by atoms with Gasteiger partial charge in [0.2, 0.25) is 0 Å². The molecule has 0 aromatic rings. The molecule has 0 atom stereocenters. The van der Waals surface area contributed by atoms with Crippen molar-refractivity contribution in [2.75, 3.05) is 39.5 Å². The predicted octanol–water partition coefficient (Wildman–Crippen LogP) is 2.66. The van der Waals surface area contributed by atoms with Crippen LogP contribution in [0.3, 0.4) is 0 Å². The highest BCUT2D eigenvalue weighted by atomic mass is 28.2. The van der Waals surface area contributed by atoms with Crippen LogP contribution in [-0.2, 0) is 18.9 Å². The number of ether oxygens (including phenoxy) is 4. The van der Waals surface area contributed by atoms with Crippen LogP contribution in [0, 0.1) is 0 Å². The fraction of sp³-hybridized carbons (Fsp3) is 0.952. The van der Waals surface area contributed by atoms with Gasteiger partial charge in [-0.15, -0.1) is 0 Å². The topological polar surface area (TPSA) is 78.1 Å². The van der Waals surface area contributed by atoms with Crippen molar-refractivity contribution in [3.63, 3.8) is 0 Å². The zero-order chi connectivity index (χ0) is 22.3. The van der Waals surface area contributed by atoms with Gasteiger partial charge in [-0.1, -0.05) is 24.9 Å². The Kier molecular flexibility index (Phi) is 22.9. The van der Waals surface area contributed by atoms with Gasteiger partial charge in [0.05, 0.1) is 0 Å². The Morgan fingerprint density at radius 1 is 0.667 bits per heavy atom. The van der Waals surface area contributed by atoms with Crippen LogP contribution in [0.2, 0.25) is 24.2 Å². The molecule has 0 bridgehead atoms. The van der Waals surface area contributed by atoms with E-state index in [1.807, 2.05) is 27.7 Å². The normalized spacial score (nSPS) is 12.2. The highest BCUT2D eigenvalue weighted by Crippen LogP contribution is 2.06. The van der Waals surface area contributed by atoms with Crippen LogP contribution in [0.15, 0.2) is 0 Å². The minimum absolute atomic E-state index is 0.00554. The molecule has 9 heteroatoms. The molecule has 0 aliphatic carbocycles. The fourth-order valence-corrected chi connectivity index (χ4v) is 6.54. The molecule has 0 radical (unpaired) electrons. The highest BCUT2D eigenvalue weighted by molar-refractivity contribution is 6.35. The van der Waals surface area contributed by atoms with Gasteiger partial charge >= 0.3 is 6.03 Å². The summed E-state index contributed by atoms with van der Waals surface area (Å²) in [7, 11) is -0.301. The number of amides is 2. The van der Waals surface area contributed by atoms with Gasteiger partial charge in [-0.05, 0) is 52.6 Å². The number of carbonyl (C=O) groups excluding carboxylic acids is 1. The van der Waals surface area contributed by atoms with E-state index in [1.54, 1.807) is 0 Å². The van der Waals surface area contributed by atoms with Crippen LogP contribution in [0.25, 0.3) is 0 Å². The van der Waals surface area contributed by atoms with Crippen molar-refractivity contribution in [2.45, 2.75) is 90.1 Å². The number of nitrogens with one attached hydrogen (secondary N) is 2. The monoisotopic (exact) mass is 464 g/mol. The minimum atomic E-state index is -0.150. The molecule has 2 N–H and O–H groups in total. The molecule has 30 heavy (non-hydrogen) atoms. The summed E-state index contributed by atoms with van der Waals surface area (Å²) in [6.07, 6.45) is 4.42. The van der Waals surface area contributed by atoms with Crippen LogP contribution in [-0.4, -0.2) is 77.2 Å². The third-order valence-electron chi connectivity index (χ3n) is 4.71. The van der Waals surface area contributed by atoms with Crippen LogP contribution in [0.1, 0.15) is 53.4 Å². The van der Waals surface area contributed by atoms with Crippen molar-refractivity contribution >= 4 is 25.1 Å². The van der Waals surface area contributed by atoms with E-state index in [2.05, 4.69) is 10.6 Å². The number of hydrogen-bond acceptors (Lipinski definition) is 5. The van der Waals surface area contributed by atoms with Gasteiger partial charge in [-0.3, -0.25) is 0 Å². The van der Waals surface area contributed by atoms with E-state index in [0.717, 1.165) is 38.0 Å². The molecule has 180 valence electrons. The first-order valence-corrected chi connectivity index (χ1v) is 16.2. The standard InChI is InChI=1S/C21H48N2O5Si2/c1-5-25-19(26-6-2)17-29-15-11-9-13-22-21(24)23-14-10-12-16-30-18-20(27-7-3)28-8-4/h19-20H,5-18,29-30H2,1-4H3,(H2,22,23,24). The molecule has 0 heterocycles. The van der Waals surface area contributed by atoms with Gasteiger partial charge in [-0.25, -0.2) is 4.79 Å². The van der Waals surface area contributed by atoms with E-state index in [9.17, 15) is 4.79 Å². The van der Waals surface area contributed by atoms with Gasteiger partial charge in [0.25, 0.3) is 0 Å². The third kappa shape index (κ3) is 19.5. The molecule has 0 fully saturated rings. The Morgan fingerprint density at radius 2 is 1.03 bits per heavy atom. The van der Waals surface area contributed by atoms with Crippen molar-refractivity contribution in [3.8, 4) is 0 Å². The second-order valence-electron chi connectivity index (χ2n) is 7.27. The number of unbranched alkanes of at least 4 members (excludes halogenated alkanes) is 2. The Labute approximate surface area is 189 Å². The van der Waals surface area contributed by atoms with Crippen LogP contribution in [0.4, 0.5) is 4.79 Å². The van der Waals surface area contributed by atoms with E-state index in [-0.39, 0.29) is 37.7 Å². The average Bonchev–Trinajstić information content (AvgIpc) is 2.72. The van der Waals surface area contributed by atoms with Gasteiger partial charge in [0.1, 0.15) is 0 Å². The third-order valence-corrected chi connectivity index (χ3v) is 8.47. The van der Waals surface area contributed by atoms with Crippen LogP contribution < -0.4 is 10.6 Å². The van der Waals surface area contributed by atoms with Crippen molar-refractivity contribution < 1.29 is 23.7 Å². The van der Waals surface area contributed by atoms with Crippen LogP contribution in [0.5, 0.6) is 0 Å². The summed E-state index contributed by atoms with van der Waals surface area (Å²) < 4.78 is 22.3.